The van der Waals surface area contributed by atoms with Gasteiger partial charge in [-0.2, -0.15) is 5.10 Å². The van der Waals surface area contributed by atoms with Crippen LogP contribution in [-0.4, -0.2) is 34.7 Å². The normalized spacial score (nSPS) is 14.9. The van der Waals surface area contributed by atoms with Crippen molar-refractivity contribution in [2.24, 2.45) is 5.10 Å². The molecular weight excluding hydrogens is 482 g/mol. The van der Waals surface area contributed by atoms with Gasteiger partial charge in [-0.25, -0.2) is 5.01 Å². The van der Waals surface area contributed by atoms with Gasteiger partial charge in [0.15, 0.2) is 0 Å². The number of hydrogen-bond donors (Lipinski definition) is 1. The molecule has 192 valence electrons. The molecule has 3 aromatic carbocycles. The van der Waals surface area contributed by atoms with Gasteiger partial charge in [-0.05, 0) is 37.1 Å². The molecule has 1 aromatic heterocycles. The summed E-state index contributed by atoms with van der Waals surface area (Å²) in [5.74, 6) is -1.23. The molecule has 2 heterocycles. The summed E-state index contributed by atoms with van der Waals surface area (Å²) in [6.45, 7) is 1.99. The van der Waals surface area contributed by atoms with E-state index in [2.05, 4.69) is 10.1 Å². The molecule has 0 spiro atoms. The summed E-state index contributed by atoms with van der Waals surface area (Å²) in [7, 11) is 1.54. The van der Waals surface area contributed by atoms with Gasteiger partial charge in [-0.3, -0.25) is 9.59 Å². The number of hydrazone groups is 1. The lowest BCUT2D eigenvalue weighted by Crippen LogP contribution is -2.30. The van der Waals surface area contributed by atoms with Crippen LogP contribution in [0.15, 0.2) is 82.7 Å². The fourth-order valence-corrected chi connectivity index (χ4v) is 4.99. The van der Waals surface area contributed by atoms with Crippen molar-refractivity contribution in [2.75, 3.05) is 7.11 Å². The molecule has 1 unspecified atom stereocenters. The SMILES string of the molecule is COc1ccccc1C1CC(c2c(-c3ccccc3)c3cc(C)ccc3[nH]c2=O)=NN1C(=O)CCC(=O)[O-]. The molecule has 5 rings (SSSR count). The van der Waals surface area contributed by atoms with E-state index >= 15 is 0 Å². The van der Waals surface area contributed by atoms with E-state index in [4.69, 9.17) is 4.74 Å². The van der Waals surface area contributed by atoms with Crippen molar-refractivity contribution in [2.45, 2.75) is 32.2 Å². The van der Waals surface area contributed by atoms with Gasteiger partial charge >= 0.3 is 0 Å². The van der Waals surface area contributed by atoms with Crippen LogP contribution in [0.2, 0.25) is 0 Å². The standard InChI is InChI=1S/C30H27N3O5/c1-18-12-13-22-21(16-18)28(19-8-4-3-5-9-19)29(30(37)31-22)23-17-24(20-10-6-7-11-25(20)38-2)33(32-23)26(34)14-15-27(35)36/h3-13,16,24H,14-15,17H2,1-2H3,(H,31,37)(H,35,36)/p-1. The predicted octanol–water partition coefficient (Wildman–Crippen LogP) is 3.72. The van der Waals surface area contributed by atoms with Crippen LogP contribution < -0.4 is 15.4 Å². The number of H-pyrrole nitrogens is 1. The number of benzene rings is 3. The number of carboxylic acid groups (broad SMARTS) is 1. The highest BCUT2D eigenvalue weighted by atomic mass is 16.5. The number of aromatic amines is 1. The van der Waals surface area contributed by atoms with Gasteiger partial charge in [0.1, 0.15) is 5.75 Å². The number of aromatic nitrogens is 1. The maximum Gasteiger partial charge on any atom is 0.258 e. The summed E-state index contributed by atoms with van der Waals surface area (Å²) in [5, 5.41) is 17.9. The molecule has 8 heteroatoms. The van der Waals surface area contributed by atoms with Crippen LogP contribution in [-0.2, 0) is 9.59 Å². The van der Waals surface area contributed by atoms with Gasteiger partial charge in [0.05, 0.1) is 24.4 Å². The quantitative estimate of drug-likeness (QED) is 0.409. The third-order valence-corrected chi connectivity index (χ3v) is 6.73. The molecule has 0 fully saturated rings. The molecule has 0 saturated carbocycles. The highest BCUT2D eigenvalue weighted by Crippen LogP contribution is 2.40. The van der Waals surface area contributed by atoms with Gasteiger partial charge in [0.25, 0.3) is 5.56 Å². The summed E-state index contributed by atoms with van der Waals surface area (Å²) in [4.78, 5) is 40.9. The summed E-state index contributed by atoms with van der Waals surface area (Å²) in [5.41, 5.74) is 4.52. The molecule has 0 bridgehead atoms. The summed E-state index contributed by atoms with van der Waals surface area (Å²) in [6.07, 6.45) is -0.453. The second-order valence-electron chi connectivity index (χ2n) is 9.24. The van der Waals surface area contributed by atoms with Gasteiger partial charge in [0.2, 0.25) is 5.91 Å². The van der Waals surface area contributed by atoms with Gasteiger partial charge in [0, 0.05) is 40.8 Å². The van der Waals surface area contributed by atoms with E-state index in [0.717, 1.165) is 22.1 Å². The minimum Gasteiger partial charge on any atom is -0.550 e. The van der Waals surface area contributed by atoms with Crippen LogP contribution in [0.25, 0.3) is 22.0 Å². The Hall–Kier alpha value is -4.72. The molecule has 1 atom stereocenters. The molecule has 1 aliphatic heterocycles. The zero-order valence-electron chi connectivity index (χ0n) is 21.1. The second kappa shape index (κ2) is 10.3. The van der Waals surface area contributed by atoms with Crippen LogP contribution in [0.5, 0.6) is 5.75 Å². The van der Waals surface area contributed by atoms with Crippen molar-refractivity contribution in [1.29, 1.82) is 0 Å². The van der Waals surface area contributed by atoms with Crippen LogP contribution >= 0.6 is 0 Å². The van der Waals surface area contributed by atoms with Gasteiger partial charge < -0.3 is 19.6 Å². The number of amides is 1. The monoisotopic (exact) mass is 508 g/mol. The number of pyridine rings is 1. The highest BCUT2D eigenvalue weighted by Gasteiger charge is 2.36. The number of rotatable bonds is 7. The Morgan fingerprint density at radius 1 is 1.03 bits per heavy atom. The third kappa shape index (κ3) is 4.68. The first-order valence-electron chi connectivity index (χ1n) is 12.3. The number of hydrogen-bond acceptors (Lipinski definition) is 6. The average molecular weight is 509 g/mol. The van der Waals surface area contributed by atoms with E-state index in [1.807, 2.05) is 73.7 Å². The van der Waals surface area contributed by atoms with Crippen LogP contribution in [0, 0.1) is 6.92 Å². The Kier molecular flexibility index (Phi) is 6.79. The minimum atomic E-state index is -1.32. The first kappa shape index (κ1) is 25.0. The summed E-state index contributed by atoms with van der Waals surface area (Å²) < 4.78 is 5.55. The molecule has 38 heavy (non-hydrogen) atoms. The van der Waals surface area contributed by atoms with E-state index in [9.17, 15) is 19.5 Å². The largest absolute Gasteiger partial charge is 0.550 e. The number of carbonyl (C=O) groups excluding carboxylic acids is 2. The van der Waals surface area contributed by atoms with E-state index in [1.165, 1.54) is 5.01 Å². The number of ether oxygens (including phenoxy) is 1. The van der Waals surface area contributed by atoms with E-state index < -0.39 is 24.3 Å². The number of carbonyl (C=O) groups is 2. The van der Waals surface area contributed by atoms with Gasteiger partial charge in [-0.15, -0.1) is 0 Å². The maximum absolute atomic E-state index is 13.6. The number of nitrogens with zero attached hydrogens (tertiary/aromatic N) is 2. The zero-order valence-corrected chi connectivity index (χ0v) is 21.1. The van der Waals surface area contributed by atoms with Crippen molar-refractivity contribution in [3.63, 3.8) is 0 Å². The summed E-state index contributed by atoms with van der Waals surface area (Å²) in [6, 6.07) is 22.2. The molecule has 0 aliphatic carbocycles. The molecule has 1 amide bonds. The molecule has 0 saturated heterocycles. The Morgan fingerprint density at radius 2 is 1.76 bits per heavy atom. The van der Waals surface area contributed by atoms with Crippen molar-refractivity contribution in [3.8, 4) is 16.9 Å². The van der Waals surface area contributed by atoms with E-state index in [0.29, 0.717) is 28.1 Å². The number of para-hydroxylation sites is 1. The number of methoxy groups -OCH3 is 1. The Bertz CT molecular complexity index is 1620. The molecule has 1 N–H and O–H groups in total. The molecule has 0 radical (unpaired) electrons. The smallest absolute Gasteiger partial charge is 0.258 e. The van der Waals surface area contributed by atoms with Gasteiger partial charge in [-0.1, -0.05) is 60.2 Å². The predicted molar refractivity (Wildman–Crippen MR) is 143 cm³/mol. The molecule has 8 nitrogen and oxygen atoms in total. The number of carboxylic acids is 1. The average Bonchev–Trinajstić information content (AvgIpc) is 3.36. The molecule has 1 aliphatic rings. The van der Waals surface area contributed by atoms with Crippen LogP contribution in [0.4, 0.5) is 0 Å². The topological polar surface area (TPSA) is 115 Å². The third-order valence-electron chi connectivity index (χ3n) is 6.73. The Morgan fingerprint density at radius 3 is 2.50 bits per heavy atom. The first-order chi connectivity index (χ1) is 18.4. The van der Waals surface area contributed by atoms with E-state index in [-0.39, 0.29) is 18.4 Å². The number of aryl methyl sites for hydroxylation is 1. The number of aliphatic carboxylic acids is 1. The van der Waals surface area contributed by atoms with Crippen LogP contribution in [0.1, 0.15) is 42.0 Å². The lowest BCUT2D eigenvalue weighted by molar-refractivity contribution is -0.305. The van der Waals surface area contributed by atoms with Crippen molar-refractivity contribution < 1.29 is 19.4 Å². The van der Waals surface area contributed by atoms with Crippen LogP contribution in [0.3, 0.4) is 0 Å². The maximum atomic E-state index is 13.6. The van der Waals surface area contributed by atoms with E-state index in [1.54, 1.807) is 13.2 Å². The lowest BCUT2D eigenvalue weighted by Gasteiger charge is -2.23. The number of fused-ring (bicyclic) bond motifs is 1. The fourth-order valence-electron chi connectivity index (χ4n) is 4.99. The Labute approximate surface area is 219 Å². The van der Waals surface area contributed by atoms with Crippen molar-refractivity contribution in [3.05, 3.63) is 99.8 Å². The zero-order chi connectivity index (χ0) is 26.8. The molecular formula is C30H26N3O5-. The first-order valence-corrected chi connectivity index (χ1v) is 12.3. The molecule has 4 aromatic rings. The highest BCUT2D eigenvalue weighted by molar-refractivity contribution is 6.13. The second-order valence-corrected chi connectivity index (χ2v) is 9.24. The lowest BCUT2D eigenvalue weighted by atomic mass is 9.90. The fraction of sp³-hybridized carbons (Fsp3) is 0.200. The van der Waals surface area contributed by atoms with Crippen molar-refractivity contribution in [1.82, 2.24) is 9.99 Å². The summed E-state index contributed by atoms with van der Waals surface area (Å²) >= 11 is 0. The minimum absolute atomic E-state index is 0.248. The van der Waals surface area contributed by atoms with Crippen molar-refractivity contribution >= 4 is 28.5 Å². The Balaban J connectivity index is 1.71. The number of nitrogens with one attached hydrogen (secondary N) is 1.